The molecule has 3 aromatic rings. The van der Waals surface area contributed by atoms with Crippen LogP contribution in [0.2, 0.25) is 0 Å². The number of alkyl halides is 2. The zero-order valence-electron chi connectivity index (χ0n) is 10.8. The molecule has 0 saturated heterocycles. The minimum Gasteiger partial charge on any atom is -0.383 e. The molecule has 0 aliphatic rings. The molecule has 0 spiro atoms. The van der Waals surface area contributed by atoms with Crippen LogP contribution in [0.15, 0.2) is 42.6 Å². The molecule has 0 atom stereocenters. The number of aryl methyl sites for hydroxylation is 1. The third kappa shape index (κ3) is 2.01. The summed E-state index contributed by atoms with van der Waals surface area (Å²) >= 11 is 0. The first-order valence-corrected chi connectivity index (χ1v) is 6.19. The van der Waals surface area contributed by atoms with Crippen LogP contribution >= 0.6 is 0 Å². The highest BCUT2D eigenvalue weighted by molar-refractivity contribution is 5.75. The van der Waals surface area contributed by atoms with Gasteiger partial charge < -0.3 is 5.73 Å². The topological polar surface area (TPSA) is 43.3 Å². The minimum absolute atomic E-state index is 0.00747. The smallest absolute Gasteiger partial charge is 0.263 e. The Hall–Kier alpha value is -2.43. The number of nitrogen functional groups attached to an aromatic ring is 1. The van der Waals surface area contributed by atoms with Crippen LogP contribution in [-0.4, -0.2) is 9.38 Å². The molecule has 3 rings (SSSR count). The second-order valence-corrected chi connectivity index (χ2v) is 4.70. The van der Waals surface area contributed by atoms with E-state index < -0.39 is 6.43 Å². The number of fused-ring (bicyclic) bond motifs is 1. The molecule has 0 saturated carbocycles. The molecule has 5 heteroatoms. The van der Waals surface area contributed by atoms with Gasteiger partial charge in [-0.3, -0.25) is 4.40 Å². The molecule has 0 fully saturated rings. The first-order chi connectivity index (χ1) is 9.56. The van der Waals surface area contributed by atoms with Gasteiger partial charge in [0.2, 0.25) is 0 Å². The maximum Gasteiger partial charge on any atom is 0.263 e. The minimum atomic E-state index is -2.47. The number of halogens is 2. The second-order valence-electron chi connectivity index (χ2n) is 4.70. The van der Waals surface area contributed by atoms with E-state index in [1.807, 2.05) is 25.3 Å². The lowest BCUT2D eigenvalue weighted by atomic mass is 10.1. The largest absolute Gasteiger partial charge is 0.383 e. The maximum absolute atomic E-state index is 12.5. The van der Waals surface area contributed by atoms with Crippen molar-refractivity contribution >= 4 is 11.5 Å². The Bertz CT molecular complexity index is 761. The van der Waals surface area contributed by atoms with Gasteiger partial charge in [-0.05, 0) is 24.6 Å². The monoisotopic (exact) mass is 273 g/mol. The summed E-state index contributed by atoms with van der Waals surface area (Å²) in [7, 11) is 0. The van der Waals surface area contributed by atoms with Crippen LogP contribution in [0.4, 0.5) is 14.6 Å². The summed E-state index contributed by atoms with van der Waals surface area (Å²) in [5.41, 5.74) is 9.23. The van der Waals surface area contributed by atoms with Gasteiger partial charge in [-0.2, -0.15) is 0 Å². The summed E-state index contributed by atoms with van der Waals surface area (Å²) < 4.78 is 26.9. The first-order valence-electron chi connectivity index (χ1n) is 6.19. The lowest BCUT2D eigenvalue weighted by Crippen LogP contribution is -1.94. The number of imidazole rings is 1. The van der Waals surface area contributed by atoms with Crippen LogP contribution in [0.25, 0.3) is 16.9 Å². The fourth-order valence-electron chi connectivity index (χ4n) is 2.16. The Morgan fingerprint density at radius 2 is 1.85 bits per heavy atom. The van der Waals surface area contributed by atoms with Crippen LogP contribution in [0.3, 0.4) is 0 Å². The molecule has 102 valence electrons. The van der Waals surface area contributed by atoms with E-state index in [0.717, 1.165) is 16.8 Å². The number of anilines is 1. The van der Waals surface area contributed by atoms with Crippen molar-refractivity contribution in [3.05, 3.63) is 53.7 Å². The zero-order valence-corrected chi connectivity index (χ0v) is 10.8. The summed E-state index contributed by atoms with van der Waals surface area (Å²) in [6.45, 7) is 1.97. The Morgan fingerprint density at radius 3 is 2.50 bits per heavy atom. The van der Waals surface area contributed by atoms with Crippen molar-refractivity contribution in [3.63, 3.8) is 0 Å². The van der Waals surface area contributed by atoms with Crippen LogP contribution in [0.5, 0.6) is 0 Å². The molecular weight excluding hydrogens is 260 g/mol. The van der Waals surface area contributed by atoms with E-state index in [4.69, 9.17) is 5.73 Å². The number of benzene rings is 1. The van der Waals surface area contributed by atoms with E-state index in [0.29, 0.717) is 11.5 Å². The van der Waals surface area contributed by atoms with Gasteiger partial charge in [0.1, 0.15) is 17.2 Å². The van der Waals surface area contributed by atoms with Gasteiger partial charge in [0.05, 0.1) is 0 Å². The summed E-state index contributed by atoms with van der Waals surface area (Å²) in [6, 6.07) is 9.89. The number of nitrogens with zero attached hydrogens (tertiary/aromatic N) is 2. The molecular formula is C15H13F2N3. The van der Waals surface area contributed by atoms with Crippen molar-refractivity contribution in [2.45, 2.75) is 13.3 Å². The Kier molecular flexibility index (Phi) is 2.89. The van der Waals surface area contributed by atoms with Crippen LogP contribution in [0.1, 0.15) is 17.6 Å². The lowest BCUT2D eigenvalue weighted by molar-refractivity contribution is 0.151. The van der Waals surface area contributed by atoms with E-state index in [2.05, 4.69) is 4.98 Å². The maximum atomic E-state index is 12.5. The van der Waals surface area contributed by atoms with Crippen LogP contribution in [0, 0.1) is 6.92 Å². The lowest BCUT2D eigenvalue weighted by Gasteiger charge is -2.02. The number of pyridine rings is 1. The van der Waals surface area contributed by atoms with Crippen LogP contribution < -0.4 is 5.73 Å². The SMILES string of the molecule is Cc1ccn2c(N)c(-c3ccc(C(F)F)cc3)nc2c1. The average Bonchev–Trinajstić information content (AvgIpc) is 2.75. The standard InChI is InChI=1S/C15H13F2N3/c1-9-6-7-20-12(8-9)19-13(15(20)18)10-2-4-11(5-3-10)14(16)17/h2-8,14H,18H2,1H3. The molecule has 0 unspecified atom stereocenters. The number of aromatic nitrogens is 2. The molecule has 2 aromatic heterocycles. The molecule has 2 N–H and O–H groups in total. The Labute approximate surface area is 114 Å². The van der Waals surface area contributed by atoms with Crippen molar-refractivity contribution in [1.82, 2.24) is 9.38 Å². The van der Waals surface area contributed by atoms with Crippen LogP contribution in [-0.2, 0) is 0 Å². The molecule has 0 aliphatic heterocycles. The summed E-state index contributed by atoms with van der Waals surface area (Å²) in [5.74, 6) is 0.504. The predicted molar refractivity (Wildman–Crippen MR) is 74.7 cm³/mol. The van der Waals surface area contributed by atoms with E-state index in [9.17, 15) is 8.78 Å². The van der Waals surface area contributed by atoms with E-state index >= 15 is 0 Å². The molecule has 2 heterocycles. The van der Waals surface area contributed by atoms with Gasteiger partial charge in [-0.1, -0.05) is 24.3 Å². The molecule has 0 bridgehead atoms. The van der Waals surface area contributed by atoms with Crippen molar-refractivity contribution in [3.8, 4) is 11.3 Å². The Morgan fingerprint density at radius 1 is 1.15 bits per heavy atom. The molecule has 0 radical (unpaired) electrons. The summed E-state index contributed by atoms with van der Waals surface area (Å²) in [6.07, 6.45) is -0.616. The van der Waals surface area contributed by atoms with Gasteiger partial charge in [0.25, 0.3) is 6.43 Å². The summed E-state index contributed by atoms with van der Waals surface area (Å²) in [4.78, 5) is 4.47. The molecule has 1 aromatic carbocycles. The highest BCUT2D eigenvalue weighted by Crippen LogP contribution is 2.28. The fourth-order valence-corrected chi connectivity index (χ4v) is 2.16. The summed E-state index contributed by atoms with van der Waals surface area (Å²) in [5, 5.41) is 0. The van der Waals surface area contributed by atoms with Crippen molar-refractivity contribution in [2.75, 3.05) is 5.73 Å². The average molecular weight is 273 g/mol. The van der Waals surface area contributed by atoms with Gasteiger partial charge >= 0.3 is 0 Å². The zero-order chi connectivity index (χ0) is 14.3. The van der Waals surface area contributed by atoms with Gasteiger partial charge in [0, 0.05) is 17.3 Å². The predicted octanol–water partition coefficient (Wildman–Crippen LogP) is 3.83. The van der Waals surface area contributed by atoms with Crippen molar-refractivity contribution < 1.29 is 8.78 Å². The number of hydrogen-bond acceptors (Lipinski definition) is 2. The normalized spacial score (nSPS) is 11.4. The molecule has 0 aliphatic carbocycles. The molecule has 0 amide bonds. The second kappa shape index (κ2) is 4.59. The van der Waals surface area contributed by atoms with E-state index in [-0.39, 0.29) is 5.56 Å². The number of nitrogens with two attached hydrogens (primary N) is 1. The molecule has 3 nitrogen and oxygen atoms in total. The highest BCUT2D eigenvalue weighted by Gasteiger charge is 2.12. The van der Waals surface area contributed by atoms with Gasteiger partial charge in [0.15, 0.2) is 0 Å². The van der Waals surface area contributed by atoms with Gasteiger partial charge in [-0.15, -0.1) is 0 Å². The van der Waals surface area contributed by atoms with Crippen molar-refractivity contribution in [1.29, 1.82) is 0 Å². The third-order valence-electron chi connectivity index (χ3n) is 3.25. The highest BCUT2D eigenvalue weighted by atomic mass is 19.3. The molecule has 20 heavy (non-hydrogen) atoms. The third-order valence-corrected chi connectivity index (χ3v) is 3.25. The van der Waals surface area contributed by atoms with E-state index in [1.165, 1.54) is 12.1 Å². The van der Waals surface area contributed by atoms with Crippen molar-refractivity contribution in [2.24, 2.45) is 0 Å². The van der Waals surface area contributed by atoms with E-state index in [1.54, 1.807) is 16.5 Å². The van der Waals surface area contributed by atoms with Gasteiger partial charge in [-0.25, -0.2) is 13.8 Å². The number of hydrogen-bond donors (Lipinski definition) is 1. The Balaban J connectivity index is 2.11. The fraction of sp³-hybridized carbons (Fsp3) is 0.133. The first kappa shape index (κ1) is 12.6. The number of rotatable bonds is 2. The quantitative estimate of drug-likeness (QED) is 0.771.